The highest BCUT2D eigenvalue weighted by molar-refractivity contribution is 6.45. The Labute approximate surface area is 238 Å². The van der Waals surface area contributed by atoms with Gasteiger partial charge in [0, 0.05) is 11.6 Å². The summed E-state index contributed by atoms with van der Waals surface area (Å²) in [6.45, 7) is 0. The van der Waals surface area contributed by atoms with Gasteiger partial charge in [0.15, 0.2) is 0 Å². The molecule has 0 aliphatic rings. The number of nitrogens with one attached hydrogen (secondary N) is 2. The third-order valence-electron chi connectivity index (χ3n) is 5.19. The number of carbonyl (C=O) groups excluding carboxylic acids is 4. The lowest BCUT2D eigenvalue weighted by Gasteiger charge is -2.11. The van der Waals surface area contributed by atoms with Crippen LogP contribution in [0.25, 0.3) is 0 Å². The summed E-state index contributed by atoms with van der Waals surface area (Å²) in [7, 11) is 0. The molecule has 9 nitrogen and oxygen atoms in total. The van der Waals surface area contributed by atoms with E-state index in [1.54, 1.807) is 66.7 Å². The maximum atomic E-state index is 12.7. The van der Waals surface area contributed by atoms with Crippen molar-refractivity contribution in [3.05, 3.63) is 124 Å². The van der Waals surface area contributed by atoms with Crippen LogP contribution < -0.4 is 20.2 Å². The number of nitrogens with zero attached hydrogens (tertiary/aromatic N) is 1. The number of hydrogen-bond donors (Lipinski definition) is 2. The fraction of sp³-hybridized carbons (Fsp3) is 0. The van der Waals surface area contributed by atoms with Gasteiger partial charge >= 0.3 is 23.8 Å². The molecule has 0 spiro atoms. The zero-order chi connectivity index (χ0) is 28.5. The van der Waals surface area contributed by atoms with Crippen molar-refractivity contribution in [1.82, 2.24) is 5.43 Å². The van der Waals surface area contributed by atoms with Crippen molar-refractivity contribution in [3.63, 3.8) is 0 Å². The molecule has 4 aromatic rings. The first-order chi connectivity index (χ1) is 19.3. The van der Waals surface area contributed by atoms with Crippen molar-refractivity contribution in [2.75, 3.05) is 5.32 Å². The number of benzene rings is 4. The number of amides is 2. The molecule has 0 saturated carbocycles. The highest BCUT2D eigenvalue weighted by atomic mass is 35.5. The van der Waals surface area contributed by atoms with E-state index in [9.17, 15) is 19.2 Å². The lowest BCUT2D eigenvalue weighted by atomic mass is 10.2. The van der Waals surface area contributed by atoms with Gasteiger partial charge in [-0.15, -0.1) is 0 Å². The minimum atomic E-state index is -1.09. The van der Waals surface area contributed by atoms with Gasteiger partial charge in [0.2, 0.25) is 0 Å². The van der Waals surface area contributed by atoms with Gasteiger partial charge < -0.3 is 14.8 Å². The van der Waals surface area contributed by atoms with Gasteiger partial charge in [-0.1, -0.05) is 65.7 Å². The van der Waals surface area contributed by atoms with Crippen LogP contribution in [0.15, 0.2) is 102 Å². The van der Waals surface area contributed by atoms with Gasteiger partial charge in [0.1, 0.15) is 11.5 Å². The van der Waals surface area contributed by atoms with E-state index in [2.05, 4.69) is 15.8 Å². The summed E-state index contributed by atoms with van der Waals surface area (Å²) < 4.78 is 10.9. The van der Waals surface area contributed by atoms with Crippen molar-refractivity contribution >= 4 is 58.9 Å². The molecule has 2 amide bonds. The normalized spacial score (nSPS) is 10.6. The molecule has 40 heavy (non-hydrogen) atoms. The maximum absolute atomic E-state index is 12.7. The predicted molar refractivity (Wildman–Crippen MR) is 150 cm³/mol. The second-order valence-corrected chi connectivity index (χ2v) is 8.75. The number of esters is 2. The van der Waals surface area contributed by atoms with Crippen LogP contribution in [-0.4, -0.2) is 30.0 Å². The van der Waals surface area contributed by atoms with Crippen LogP contribution in [-0.2, 0) is 9.59 Å². The fourth-order valence-electron chi connectivity index (χ4n) is 3.24. The van der Waals surface area contributed by atoms with Crippen LogP contribution in [0.2, 0.25) is 10.0 Å². The second kappa shape index (κ2) is 13.2. The average molecular weight is 576 g/mol. The number of rotatable bonds is 7. The van der Waals surface area contributed by atoms with Crippen molar-refractivity contribution in [2.24, 2.45) is 5.10 Å². The molecule has 4 aromatic carbocycles. The average Bonchev–Trinajstić information content (AvgIpc) is 2.97. The summed E-state index contributed by atoms with van der Waals surface area (Å²) in [6, 6.07) is 25.4. The smallest absolute Gasteiger partial charge is 0.343 e. The zero-order valence-corrected chi connectivity index (χ0v) is 22.0. The molecule has 0 radical (unpaired) electrons. The van der Waals surface area contributed by atoms with Crippen molar-refractivity contribution in [3.8, 4) is 11.5 Å². The van der Waals surface area contributed by atoms with E-state index in [0.717, 1.165) is 6.21 Å². The Hall–Kier alpha value is -4.99. The first-order valence-electron chi connectivity index (χ1n) is 11.6. The van der Waals surface area contributed by atoms with E-state index in [1.807, 2.05) is 0 Å². The topological polar surface area (TPSA) is 123 Å². The SMILES string of the molecule is O=C(N/N=C\c1ccc(OC(=O)c2ccccc2)cc1OC(=O)c1ccccc1)C(=O)Nc1cccc(Cl)c1Cl. The van der Waals surface area contributed by atoms with E-state index < -0.39 is 23.8 Å². The quantitative estimate of drug-likeness (QED) is 0.0982. The molecule has 0 unspecified atom stereocenters. The summed E-state index contributed by atoms with van der Waals surface area (Å²) in [5, 5.41) is 6.39. The van der Waals surface area contributed by atoms with Gasteiger partial charge in [-0.25, -0.2) is 15.0 Å². The molecule has 0 aliphatic heterocycles. The highest BCUT2D eigenvalue weighted by Gasteiger charge is 2.17. The predicted octanol–water partition coefficient (Wildman–Crippen LogP) is 5.52. The molecule has 0 atom stereocenters. The summed E-state index contributed by atoms with van der Waals surface area (Å²) >= 11 is 11.9. The molecule has 11 heteroatoms. The fourth-order valence-corrected chi connectivity index (χ4v) is 3.58. The summed E-state index contributed by atoms with van der Waals surface area (Å²) in [6.07, 6.45) is 1.16. The number of ether oxygens (including phenoxy) is 2. The minimum absolute atomic E-state index is 0.0135. The first kappa shape index (κ1) is 28.0. The molecule has 0 fully saturated rings. The Balaban J connectivity index is 1.50. The molecule has 0 saturated heterocycles. The molecule has 0 aromatic heterocycles. The molecule has 200 valence electrons. The molecule has 0 aliphatic carbocycles. The van der Waals surface area contributed by atoms with Gasteiger partial charge in [0.25, 0.3) is 0 Å². The largest absolute Gasteiger partial charge is 0.423 e. The molecule has 0 heterocycles. The third-order valence-corrected chi connectivity index (χ3v) is 6.01. The first-order valence-corrected chi connectivity index (χ1v) is 12.3. The zero-order valence-electron chi connectivity index (χ0n) is 20.5. The van der Waals surface area contributed by atoms with E-state index in [-0.39, 0.29) is 38.4 Å². The molecule has 4 rings (SSSR count). The van der Waals surface area contributed by atoms with Gasteiger partial charge in [-0.3, -0.25) is 9.59 Å². The van der Waals surface area contributed by atoms with E-state index in [0.29, 0.717) is 5.56 Å². The van der Waals surface area contributed by atoms with E-state index >= 15 is 0 Å². The van der Waals surface area contributed by atoms with E-state index in [4.69, 9.17) is 32.7 Å². The van der Waals surface area contributed by atoms with Crippen LogP contribution in [0.3, 0.4) is 0 Å². The summed E-state index contributed by atoms with van der Waals surface area (Å²) in [4.78, 5) is 49.6. The van der Waals surface area contributed by atoms with Crippen LogP contribution >= 0.6 is 23.2 Å². The monoisotopic (exact) mass is 575 g/mol. The lowest BCUT2D eigenvalue weighted by Crippen LogP contribution is -2.32. The Morgan fingerprint density at radius 3 is 1.98 bits per heavy atom. The third kappa shape index (κ3) is 7.31. The highest BCUT2D eigenvalue weighted by Crippen LogP contribution is 2.29. The van der Waals surface area contributed by atoms with Crippen LogP contribution in [0.5, 0.6) is 11.5 Å². The Bertz CT molecular complexity index is 1590. The Kier molecular flexibility index (Phi) is 9.24. The Morgan fingerprint density at radius 2 is 1.32 bits per heavy atom. The molecule has 2 N–H and O–H groups in total. The van der Waals surface area contributed by atoms with Crippen molar-refractivity contribution < 1.29 is 28.7 Å². The Morgan fingerprint density at radius 1 is 0.700 bits per heavy atom. The number of hydrogen-bond acceptors (Lipinski definition) is 7. The standard InChI is InChI=1S/C29H19Cl2N3O6/c30-22-12-7-13-23(25(22)31)33-26(35)27(36)34-32-17-20-14-15-21(39-28(37)18-8-3-1-4-9-18)16-24(20)40-29(38)19-10-5-2-6-11-19/h1-17H,(H,33,35)(H,34,36)/b32-17-. The van der Waals surface area contributed by atoms with Crippen LogP contribution in [0.1, 0.15) is 26.3 Å². The van der Waals surface area contributed by atoms with Crippen LogP contribution in [0.4, 0.5) is 5.69 Å². The summed E-state index contributed by atoms with van der Waals surface area (Å²) in [5.41, 5.74) is 3.08. The summed E-state index contributed by atoms with van der Waals surface area (Å²) in [5.74, 6) is -3.34. The van der Waals surface area contributed by atoms with Gasteiger partial charge in [0.05, 0.1) is 33.1 Å². The molecular formula is C29H19Cl2N3O6. The van der Waals surface area contributed by atoms with Gasteiger partial charge in [-0.2, -0.15) is 5.10 Å². The van der Waals surface area contributed by atoms with Crippen LogP contribution in [0, 0.1) is 0 Å². The van der Waals surface area contributed by atoms with Gasteiger partial charge in [-0.05, 0) is 48.5 Å². The molecular weight excluding hydrogens is 557 g/mol. The maximum Gasteiger partial charge on any atom is 0.343 e. The second-order valence-electron chi connectivity index (χ2n) is 7.97. The number of anilines is 1. The van der Waals surface area contributed by atoms with Crippen molar-refractivity contribution in [2.45, 2.75) is 0 Å². The number of carbonyl (C=O) groups is 4. The van der Waals surface area contributed by atoms with E-state index in [1.165, 1.54) is 30.3 Å². The minimum Gasteiger partial charge on any atom is -0.423 e. The lowest BCUT2D eigenvalue weighted by molar-refractivity contribution is -0.136. The number of halogens is 2. The van der Waals surface area contributed by atoms with Crippen molar-refractivity contribution in [1.29, 1.82) is 0 Å². The molecule has 0 bridgehead atoms. The number of hydrazone groups is 1.